The molecule has 0 saturated heterocycles. The van der Waals surface area contributed by atoms with E-state index in [0.717, 1.165) is 0 Å². The van der Waals surface area contributed by atoms with E-state index in [1.165, 1.54) is 24.3 Å². The average molecular weight is 478 g/mol. The van der Waals surface area contributed by atoms with E-state index in [9.17, 15) is 29.4 Å². The maximum atomic E-state index is 13.6. The zero-order valence-corrected chi connectivity index (χ0v) is 18.6. The molecule has 8 nitrogen and oxygen atoms in total. The second kappa shape index (κ2) is 8.84. The van der Waals surface area contributed by atoms with Gasteiger partial charge in [0.1, 0.15) is 0 Å². The number of rotatable bonds is 6. The number of anilines is 4. The van der Waals surface area contributed by atoms with Gasteiger partial charge in [0, 0.05) is 22.5 Å². The van der Waals surface area contributed by atoms with Crippen molar-refractivity contribution in [1.29, 1.82) is 0 Å². The lowest BCUT2D eigenvalue weighted by Crippen LogP contribution is -2.23. The second-order valence-electron chi connectivity index (χ2n) is 8.14. The maximum absolute atomic E-state index is 13.6. The average Bonchev–Trinajstić information content (AvgIpc) is 2.87. The summed E-state index contributed by atoms with van der Waals surface area (Å²) in [6.07, 6.45) is 0. The zero-order chi connectivity index (χ0) is 25.4. The molecule has 5 rings (SSSR count). The Morgan fingerprint density at radius 2 is 0.944 bits per heavy atom. The lowest BCUT2D eigenvalue weighted by Gasteiger charge is -2.23. The number of carbonyl (C=O) groups is 4. The minimum absolute atomic E-state index is 0.0835. The van der Waals surface area contributed by atoms with Crippen LogP contribution in [-0.4, -0.2) is 33.7 Å². The van der Waals surface area contributed by atoms with Crippen molar-refractivity contribution in [2.75, 3.05) is 10.6 Å². The topological polar surface area (TPSA) is 133 Å². The molecular weight excluding hydrogens is 460 g/mol. The highest BCUT2D eigenvalue weighted by atomic mass is 16.4. The maximum Gasteiger partial charge on any atom is 0.335 e. The highest BCUT2D eigenvalue weighted by molar-refractivity contribution is 6.32. The molecule has 36 heavy (non-hydrogen) atoms. The number of carbonyl (C=O) groups excluding carboxylic acids is 2. The van der Waals surface area contributed by atoms with Crippen molar-refractivity contribution in [3.63, 3.8) is 0 Å². The smallest absolute Gasteiger partial charge is 0.335 e. The molecule has 0 unspecified atom stereocenters. The van der Waals surface area contributed by atoms with E-state index in [1.807, 2.05) is 0 Å². The van der Waals surface area contributed by atoms with Gasteiger partial charge in [0.25, 0.3) is 0 Å². The van der Waals surface area contributed by atoms with Gasteiger partial charge < -0.3 is 20.8 Å². The van der Waals surface area contributed by atoms with Crippen molar-refractivity contribution >= 4 is 46.3 Å². The summed E-state index contributed by atoms with van der Waals surface area (Å²) >= 11 is 0. The molecule has 1 aliphatic carbocycles. The molecule has 0 aromatic heterocycles. The van der Waals surface area contributed by atoms with Gasteiger partial charge in [0.05, 0.1) is 33.6 Å². The number of hydrogen-bond donors (Lipinski definition) is 4. The van der Waals surface area contributed by atoms with Crippen LogP contribution < -0.4 is 10.6 Å². The van der Waals surface area contributed by atoms with Crippen LogP contribution in [0.2, 0.25) is 0 Å². The lowest BCUT2D eigenvalue weighted by atomic mass is 9.82. The zero-order valence-electron chi connectivity index (χ0n) is 18.6. The first-order valence-corrected chi connectivity index (χ1v) is 10.9. The Hall–Kier alpha value is -5.24. The van der Waals surface area contributed by atoms with Crippen LogP contribution in [-0.2, 0) is 0 Å². The number of carboxylic acid groups (broad SMARTS) is 2. The fourth-order valence-corrected chi connectivity index (χ4v) is 4.22. The van der Waals surface area contributed by atoms with E-state index in [-0.39, 0.29) is 44.9 Å². The SMILES string of the molecule is O=C(O)c1cccc(Nc2cccc3c2C(=O)c2cccc(Nc4cccc(C(=O)O)c4)c2C3=O)c1. The van der Waals surface area contributed by atoms with Crippen LogP contribution in [0.3, 0.4) is 0 Å². The van der Waals surface area contributed by atoms with Crippen molar-refractivity contribution in [2.45, 2.75) is 0 Å². The molecule has 1 aliphatic rings. The third-order valence-electron chi connectivity index (χ3n) is 5.85. The van der Waals surface area contributed by atoms with Crippen molar-refractivity contribution in [2.24, 2.45) is 0 Å². The van der Waals surface area contributed by atoms with E-state index in [4.69, 9.17) is 0 Å². The summed E-state index contributed by atoms with van der Waals surface area (Å²) in [5.41, 5.74) is 2.66. The number of fused-ring (bicyclic) bond motifs is 2. The molecule has 0 bridgehead atoms. The third kappa shape index (κ3) is 3.97. The summed E-state index contributed by atoms with van der Waals surface area (Å²) in [7, 11) is 0. The van der Waals surface area contributed by atoms with Crippen molar-refractivity contribution in [3.8, 4) is 0 Å². The Balaban J connectivity index is 1.55. The Bertz CT molecular complexity index is 1470. The summed E-state index contributed by atoms with van der Waals surface area (Å²) in [6.45, 7) is 0. The van der Waals surface area contributed by atoms with Gasteiger partial charge in [0.15, 0.2) is 11.6 Å². The van der Waals surface area contributed by atoms with Gasteiger partial charge in [-0.2, -0.15) is 0 Å². The monoisotopic (exact) mass is 478 g/mol. The van der Waals surface area contributed by atoms with E-state index < -0.39 is 11.9 Å². The standard InChI is InChI=1S/C28H18N2O6/c31-25-20-10-4-12-22(30-18-8-2-6-16(14-18)28(35)36)24(20)26(32)19-9-3-11-21(23(19)25)29-17-7-1-5-15(13-17)27(33)34/h1-14,29-30H,(H,33,34)(H,35,36). The number of carboxylic acids is 2. The highest BCUT2D eigenvalue weighted by Crippen LogP contribution is 2.37. The van der Waals surface area contributed by atoms with E-state index in [1.54, 1.807) is 60.7 Å². The first-order valence-electron chi connectivity index (χ1n) is 10.9. The van der Waals surface area contributed by atoms with Crippen LogP contribution in [0.4, 0.5) is 22.7 Å². The molecule has 0 aliphatic heterocycles. The molecule has 0 heterocycles. The molecule has 176 valence electrons. The number of ketones is 2. The van der Waals surface area contributed by atoms with Gasteiger partial charge in [0.2, 0.25) is 0 Å². The first kappa shape index (κ1) is 22.5. The molecule has 4 N–H and O–H groups in total. The molecule has 8 heteroatoms. The van der Waals surface area contributed by atoms with Crippen LogP contribution in [0.5, 0.6) is 0 Å². The number of aromatic carboxylic acids is 2. The van der Waals surface area contributed by atoms with Crippen molar-refractivity contribution in [1.82, 2.24) is 0 Å². The van der Waals surface area contributed by atoms with Gasteiger partial charge in [-0.3, -0.25) is 9.59 Å². The fraction of sp³-hybridized carbons (Fsp3) is 0. The van der Waals surface area contributed by atoms with Crippen LogP contribution in [0.1, 0.15) is 52.6 Å². The quantitative estimate of drug-likeness (QED) is 0.257. The minimum atomic E-state index is -1.08. The minimum Gasteiger partial charge on any atom is -0.478 e. The molecule has 0 radical (unpaired) electrons. The van der Waals surface area contributed by atoms with Gasteiger partial charge >= 0.3 is 11.9 Å². The number of benzene rings is 4. The summed E-state index contributed by atoms with van der Waals surface area (Å²) in [6, 6.07) is 22.0. The van der Waals surface area contributed by atoms with Crippen LogP contribution in [0, 0.1) is 0 Å². The number of nitrogens with one attached hydrogen (secondary N) is 2. The van der Waals surface area contributed by atoms with Gasteiger partial charge in [-0.05, 0) is 48.5 Å². The lowest BCUT2D eigenvalue weighted by molar-refractivity contribution is 0.0686. The molecule has 0 atom stereocenters. The molecule has 4 aromatic rings. The highest BCUT2D eigenvalue weighted by Gasteiger charge is 2.33. The number of hydrogen-bond acceptors (Lipinski definition) is 6. The predicted octanol–water partition coefficient (Wildman–Crippen LogP) is 5.35. The normalized spacial score (nSPS) is 11.9. The van der Waals surface area contributed by atoms with E-state index >= 15 is 0 Å². The van der Waals surface area contributed by atoms with Gasteiger partial charge in [-0.15, -0.1) is 0 Å². The fourth-order valence-electron chi connectivity index (χ4n) is 4.22. The molecule has 0 fully saturated rings. The molecule has 4 aromatic carbocycles. The van der Waals surface area contributed by atoms with E-state index in [0.29, 0.717) is 22.7 Å². The molecular formula is C28H18N2O6. The second-order valence-corrected chi connectivity index (χ2v) is 8.14. The largest absolute Gasteiger partial charge is 0.478 e. The molecule has 0 amide bonds. The van der Waals surface area contributed by atoms with Crippen LogP contribution in [0.25, 0.3) is 0 Å². The molecule has 0 spiro atoms. The van der Waals surface area contributed by atoms with Gasteiger partial charge in [-0.1, -0.05) is 36.4 Å². The predicted molar refractivity (Wildman–Crippen MR) is 133 cm³/mol. The first-order chi connectivity index (χ1) is 17.3. The summed E-state index contributed by atoms with van der Waals surface area (Å²) < 4.78 is 0. The Morgan fingerprint density at radius 3 is 1.33 bits per heavy atom. The van der Waals surface area contributed by atoms with Gasteiger partial charge in [-0.25, -0.2) is 9.59 Å². The Morgan fingerprint density at radius 1 is 0.556 bits per heavy atom. The van der Waals surface area contributed by atoms with Crippen LogP contribution >= 0.6 is 0 Å². The Kier molecular flexibility index (Phi) is 5.54. The summed E-state index contributed by atoms with van der Waals surface area (Å²) in [5.74, 6) is -2.88. The molecule has 0 saturated carbocycles. The Labute approximate surface area is 204 Å². The third-order valence-corrected chi connectivity index (χ3v) is 5.85. The van der Waals surface area contributed by atoms with Crippen molar-refractivity contribution in [3.05, 3.63) is 118 Å². The summed E-state index contributed by atoms with van der Waals surface area (Å²) in [4.78, 5) is 49.8. The van der Waals surface area contributed by atoms with Crippen LogP contribution in [0.15, 0.2) is 84.9 Å². The summed E-state index contributed by atoms with van der Waals surface area (Å²) in [5, 5.41) is 24.7. The van der Waals surface area contributed by atoms with E-state index in [2.05, 4.69) is 10.6 Å². The van der Waals surface area contributed by atoms with Crippen molar-refractivity contribution < 1.29 is 29.4 Å².